The van der Waals surface area contributed by atoms with Crippen LogP contribution in [0.25, 0.3) is 0 Å². The Kier molecular flexibility index (Phi) is 6.63. The van der Waals surface area contributed by atoms with Gasteiger partial charge in [0.2, 0.25) is 0 Å². The molecule has 0 saturated carbocycles. The molecule has 2 atom stereocenters. The first-order valence-electron chi connectivity index (χ1n) is 7.79. The third-order valence-corrected chi connectivity index (χ3v) is 3.75. The van der Waals surface area contributed by atoms with Crippen molar-refractivity contribution >= 4 is 12.0 Å². The second kappa shape index (κ2) is 8.93. The van der Waals surface area contributed by atoms with E-state index in [1.807, 2.05) is 37.3 Å². The molecule has 5 heteroatoms. The first-order chi connectivity index (χ1) is 11.6. The van der Waals surface area contributed by atoms with Crippen molar-refractivity contribution in [1.29, 1.82) is 5.41 Å². The lowest BCUT2D eigenvalue weighted by atomic mass is 9.94. The van der Waals surface area contributed by atoms with E-state index < -0.39 is 0 Å². The highest BCUT2D eigenvalue weighted by atomic mass is 19.1. The van der Waals surface area contributed by atoms with E-state index >= 15 is 0 Å². The molecule has 0 bridgehead atoms. The molecule has 0 spiro atoms. The topological polar surface area (TPSA) is 62.2 Å². The Balaban J connectivity index is 1.99. The summed E-state index contributed by atoms with van der Waals surface area (Å²) in [4.78, 5) is 10.4. The number of aldehydes is 1. The average Bonchev–Trinajstić information content (AvgIpc) is 2.61. The molecule has 1 aromatic rings. The fourth-order valence-corrected chi connectivity index (χ4v) is 2.44. The standard InChI is InChI=1S/C19H21FN2O2/c1-14(24-13-15-5-3-2-4-6-15)18-11-16(20)7-8-19(18)22-10-9-17(21)12-23/h2-7,9-12,14,19,21-22H,8,13H2,1H3/b10-9-,21-17?. The van der Waals surface area contributed by atoms with E-state index in [4.69, 9.17) is 10.1 Å². The van der Waals surface area contributed by atoms with E-state index in [9.17, 15) is 9.18 Å². The first-order valence-corrected chi connectivity index (χ1v) is 7.79. The Morgan fingerprint density at radius 2 is 2.21 bits per heavy atom. The molecule has 0 heterocycles. The Bertz CT molecular complexity index is 665. The molecule has 1 aromatic carbocycles. The summed E-state index contributed by atoms with van der Waals surface area (Å²) in [7, 11) is 0. The van der Waals surface area contributed by atoms with Crippen molar-refractivity contribution < 1.29 is 13.9 Å². The molecule has 4 nitrogen and oxygen atoms in total. The summed E-state index contributed by atoms with van der Waals surface area (Å²) in [5, 5.41) is 10.4. The van der Waals surface area contributed by atoms with Gasteiger partial charge in [-0.3, -0.25) is 10.2 Å². The molecule has 1 aliphatic carbocycles. The zero-order valence-corrected chi connectivity index (χ0v) is 13.5. The lowest BCUT2D eigenvalue weighted by Gasteiger charge is -2.27. The molecule has 2 unspecified atom stereocenters. The van der Waals surface area contributed by atoms with Gasteiger partial charge in [-0.25, -0.2) is 4.39 Å². The Hall–Kier alpha value is -2.53. The lowest BCUT2D eigenvalue weighted by molar-refractivity contribution is -0.102. The van der Waals surface area contributed by atoms with Crippen LogP contribution < -0.4 is 5.32 Å². The number of carbonyl (C=O) groups is 1. The highest BCUT2D eigenvalue weighted by molar-refractivity contribution is 6.32. The van der Waals surface area contributed by atoms with E-state index in [2.05, 4.69) is 5.32 Å². The molecule has 0 radical (unpaired) electrons. The SMILES string of the molecule is CC(OCc1ccccc1)C1=CC(F)=CCC1N/C=C\C(=N)C=O. The van der Waals surface area contributed by atoms with Crippen molar-refractivity contribution in [2.24, 2.45) is 0 Å². The van der Waals surface area contributed by atoms with E-state index in [-0.39, 0.29) is 23.7 Å². The number of rotatable bonds is 8. The van der Waals surface area contributed by atoms with Gasteiger partial charge in [0, 0.05) is 0 Å². The minimum Gasteiger partial charge on any atom is -0.384 e. The molecule has 0 aliphatic heterocycles. The minimum atomic E-state index is -0.275. The van der Waals surface area contributed by atoms with Crippen LogP contribution in [-0.2, 0) is 16.1 Å². The van der Waals surface area contributed by atoms with E-state index in [1.165, 1.54) is 24.4 Å². The molecular weight excluding hydrogens is 307 g/mol. The van der Waals surface area contributed by atoms with Gasteiger partial charge in [0.15, 0.2) is 6.29 Å². The van der Waals surface area contributed by atoms with Crippen LogP contribution in [0, 0.1) is 5.41 Å². The van der Waals surface area contributed by atoms with Crippen LogP contribution in [0.2, 0.25) is 0 Å². The van der Waals surface area contributed by atoms with Gasteiger partial charge in [0.05, 0.1) is 24.5 Å². The zero-order valence-electron chi connectivity index (χ0n) is 13.5. The van der Waals surface area contributed by atoms with E-state index in [0.29, 0.717) is 19.3 Å². The lowest BCUT2D eigenvalue weighted by Crippen LogP contribution is -2.33. The van der Waals surface area contributed by atoms with Crippen LogP contribution in [0.5, 0.6) is 0 Å². The fourth-order valence-electron chi connectivity index (χ4n) is 2.44. The second-order valence-electron chi connectivity index (χ2n) is 5.53. The molecule has 1 aliphatic rings. The Morgan fingerprint density at radius 1 is 1.46 bits per heavy atom. The highest BCUT2D eigenvalue weighted by Gasteiger charge is 2.22. The van der Waals surface area contributed by atoms with Gasteiger partial charge in [-0.05, 0) is 48.9 Å². The van der Waals surface area contributed by atoms with Crippen molar-refractivity contribution in [3.63, 3.8) is 0 Å². The van der Waals surface area contributed by atoms with Gasteiger partial charge in [0.1, 0.15) is 5.83 Å². The average molecular weight is 328 g/mol. The number of benzene rings is 1. The van der Waals surface area contributed by atoms with Crippen molar-refractivity contribution in [3.05, 3.63) is 71.7 Å². The van der Waals surface area contributed by atoms with Gasteiger partial charge in [-0.2, -0.15) is 0 Å². The van der Waals surface area contributed by atoms with Gasteiger partial charge in [0.25, 0.3) is 0 Å². The molecule has 24 heavy (non-hydrogen) atoms. The molecule has 0 amide bonds. The summed E-state index contributed by atoms with van der Waals surface area (Å²) in [6, 6.07) is 9.66. The maximum Gasteiger partial charge on any atom is 0.167 e. The predicted octanol–water partition coefficient (Wildman–Crippen LogP) is 3.47. The number of carbonyl (C=O) groups excluding carboxylic acids is 1. The van der Waals surface area contributed by atoms with E-state index in [1.54, 1.807) is 0 Å². The number of hydrogen-bond donors (Lipinski definition) is 2. The van der Waals surface area contributed by atoms with Crippen molar-refractivity contribution in [2.75, 3.05) is 0 Å². The molecule has 2 rings (SSSR count). The Morgan fingerprint density at radius 3 is 2.92 bits per heavy atom. The molecule has 0 aromatic heterocycles. The molecular formula is C19H21FN2O2. The van der Waals surface area contributed by atoms with Gasteiger partial charge >= 0.3 is 0 Å². The van der Waals surface area contributed by atoms with Crippen LogP contribution in [0.3, 0.4) is 0 Å². The third kappa shape index (κ3) is 5.28. The van der Waals surface area contributed by atoms with Crippen LogP contribution in [0.15, 0.2) is 66.2 Å². The maximum absolute atomic E-state index is 13.6. The summed E-state index contributed by atoms with van der Waals surface area (Å²) in [5.41, 5.74) is 1.73. The second-order valence-corrected chi connectivity index (χ2v) is 5.53. The van der Waals surface area contributed by atoms with Crippen LogP contribution in [0.4, 0.5) is 4.39 Å². The third-order valence-electron chi connectivity index (χ3n) is 3.75. The van der Waals surface area contributed by atoms with Crippen molar-refractivity contribution in [1.82, 2.24) is 5.32 Å². The van der Waals surface area contributed by atoms with Crippen LogP contribution >= 0.6 is 0 Å². The number of hydrogen-bond acceptors (Lipinski definition) is 4. The monoisotopic (exact) mass is 328 g/mol. The first kappa shape index (κ1) is 17.8. The number of allylic oxidation sites excluding steroid dienone is 3. The van der Waals surface area contributed by atoms with E-state index in [0.717, 1.165) is 11.1 Å². The summed E-state index contributed by atoms with van der Waals surface area (Å²) in [6.45, 7) is 2.34. The summed E-state index contributed by atoms with van der Waals surface area (Å²) >= 11 is 0. The van der Waals surface area contributed by atoms with Gasteiger partial charge < -0.3 is 10.1 Å². The smallest absolute Gasteiger partial charge is 0.167 e. The molecule has 2 N–H and O–H groups in total. The minimum absolute atomic E-state index is 0.126. The normalized spacial score (nSPS) is 18.7. The van der Waals surface area contributed by atoms with Crippen LogP contribution in [-0.4, -0.2) is 24.1 Å². The number of halogens is 1. The largest absolute Gasteiger partial charge is 0.384 e. The fraction of sp³-hybridized carbons (Fsp3) is 0.263. The Labute approximate surface area is 141 Å². The zero-order chi connectivity index (χ0) is 17.4. The molecule has 0 fully saturated rings. The maximum atomic E-state index is 13.6. The summed E-state index contributed by atoms with van der Waals surface area (Å²) < 4.78 is 19.5. The van der Waals surface area contributed by atoms with Gasteiger partial charge in [-0.1, -0.05) is 30.3 Å². The number of ether oxygens (including phenoxy) is 1. The van der Waals surface area contributed by atoms with Crippen molar-refractivity contribution in [2.45, 2.75) is 32.1 Å². The predicted molar refractivity (Wildman–Crippen MR) is 92.4 cm³/mol. The van der Waals surface area contributed by atoms with Crippen LogP contribution in [0.1, 0.15) is 18.9 Å². The molecule has 0 saturated heterocycles. The summed E-state index contributed by atoms with van der Waals surface area (Å²) in [6.07, 6.45) is 6.57. The number of nitrogens with one attached hydrogen (secondary N) is 2. The van der Waals surface area contributed by atoms with Gasteiger partial charge in [-0.15, -0.1) is 0 Å². The van der Waals surface area contributed by atoms with Crippen molar-refractivity contribution in [3.8, 4) is 0 Å². The highest BCUT2D eigenvalue weighted by Crippen LogP contribution is 2.24. The quantitative estimate of drug-likeness (QED) is 0.567. The summed E-state index contributed by atoms with van der Waals surface area (Å²) in [5.74, 6) is -0.275. The molecule has 126 valence electrons.